The second-order valence-electron chi connectivity index (χ2n) is 4.26. The molecule has 0 aliphatic heterocycles. The van der Waals surface area contributed by atoms with E-state index in [1.807, 2.05) is 0 Å². The predicted octanol–water partition coefficient (Wildman–Crippen LogP) is 2.27. The number of ether oxygens (including phenoxy) is 1. The summed E-state index contributed by atoms with van der Waals surface area (Å²) >= 11 is 1.80. The van der Waals surface area contributed by atoms with E-state index in [1.165, 1.54) is 11.3 Å². The Labute approximate surface area is 120 Å². The third-order valence-corrected chi connectivity index (χ3v) is 3.56. The molecule has 0 aliphatic rings. The van der Waals surface area contributed by atoms with Gasteiger partial charge in [-0.2, -0.15) is 0 Å². The van der Waals surface area contributed by atoms with E-state index in [4.69, 9.17) is 4.74 Å². The first-order valence-corrected chi connectivity index (χ1v) is 7.78. The number of hydrogen-bond donors (Lipinski definition) is 2. The summed E-state index contributed by atoms with van der Waals surface area (Å²) in [7, 11) is 1.71. The van der Waals surface area contributed by atoms with Crippen LogP contribution in [0.4, 0.5) is 0 Å². The molecular formula is C14H25N3OS. The Morgan fingerprint density at radius 3 is 2.89 bits per heavy atom. The van der Waals surface area contributed by atoms with Crippen molar-refractivity contribution in [1.82, 2.24) is 10.6 Å². The maximum atomic E-state index is 5.04. The topological polar surface area (TPSA) is 45.7 Å². The van der Waals surface area contributed by atoms with Crippen LogP contribution in [0.2, 0.25) is 0 Å². The molecule has 0 saturated heterocycles. The van der Waals surface area contributed by atoms with Crippen LogP contribution >= 0.6 is 11.3 Å². The van der Waals surface area contributed by atoms with Gasteiger partial charge in [0.05, 0.1) is 6.61 Å². The lowest BCUT2D eigenvalue weighted by atomic mass is 10.3. The van der Waals surface area contributed by atoms with Gasteiger partial charge in [-0.05, 0) is 24.3 Å². The zero-order valence-corrected chi connectivity index (χ0v) is 12.8. The highest BCUT2D eigenvalue weighted by Crippen LogP contribution is 2.07. The van der Waals surface area contributed by atoms with E-state index in [2.05, 4.69) is 40.1 Å². The van der Waals surface area contributed by atoms with Gasteiger partial charge in [-0.1, -0.05) is 19.4 Å². The van der Waals surface area contributed by atoms with Crippen molar-refractivity contribution in [2.24, 2.45) is 4.99 Å². The first-order valence-electron chi connectivity index (χ1n) is 6.90. The lowest BCUT2D eigenvalue weighted by Gasteiger charge is -2.12. The quantitative estimate of drug-likeness (QED) is 0.415. The highest BCUT2D eigenvalue weighted by molar-refractivity contribution is 7.09. The Kier molecular flexibility index (Phi) is 9.10. The maximum absolute atomic E-state index is 5.04. The van der Waals surface area contributed by atoms with Crippen LogP contribution in [-0.2, 0) is 11.2 Å². The average molecular weight is 283 g/mol. The zero-order valence-electron chi connectivity index (χ0n) is 11.9. The van der Waals surface area contributed by atoms with Crippen molar-refractivity contribution in [3.05, 3.63) is 22.4 Å². The SMILES string of the molecule is CCCCN=C(NCCOC)NCCc1cccs1. The van der Waals surface area contributed by atoms with Crippen molar-refractivity contribution in [1.29, 1.82) is 0 Å². The molecule has 1 heterocycles. The molecule has 0 bridgehead atoms. The first-order chi connectivity index (χ1) is 9.36. The highest BCUT2D eigenvalue weighted by atomic mass is 32.1. The Morgan fingerprint density at radius 2 is 2.21 bits per heavy atom. The molecule has 2 N–H and O–H groups in total. The molecule has 1 aromatic rings. The van der Waals surface area contributed by atoms with Crippen molar-refractivity contribution in [3.63, 3.8) is 0 Å². The summed E-state index contributed by atoms with van der Waals surface area (Å²) in [6.07, 6.45) is 3.34. The van der Waals surface area contributed by atoms with E-state index in [0.29, 0.717) is 6.61 Å². The van der Waals surface area contributed by atoms with Gasteiger partial charge in [0.1, 0.15) is 0 Å². The second-order valence-corrected chi connectivity index (χ2v) is 5.29. The molecule has 1 rings (SSSR count). The number of rotatable bonds is 9. The Balaban J connectivity index is 2.28. The van der Waals surface area contributed by atoms with E-state index in [9.17, 15) is 0 Å². The van der Waals surface area contributed by atoms with E-state index in [-0.39, 0.29) is 0 Å². The highest BCUT2D eigenvalue weighted by Gasteiger charge is 1.98. The second kappa shape index (κ2) is 10.8. The van der Waals surface area contributed by atoms with Crippen molar-refractivity contribution in [2.45, 2.75) is 26.2 Å². The zero-order chi connectivity index (χ0) is 13.8. The van der Waals surface area contributed by atoms with Gasteiger partial charge in [-0.3, -0.25) is 4.99 Å². The lowest BCUT2D eigenvalue weighted by molar-refractivity contribution is 0.203. The van der Waals surface area contributed by atoms with Crippen molar-refractivity contribution >= 4 is 17.3 Å². The Bertz CT molecular complexity index is 338. The van der Waals surface area contributed by atoms with Crippen LogP contribution in [0.3, 0.4) is 0 Å². The third-order valence-electron chi connectivity index (χ3n) is 2.62. The van der Waals surface area contributed by atoms with Crippen molar-refractivity contribution in [2.75, 3.05) is 33.4 Å². The van der Waals surface area contributed by atoms with Crippen LogP contribution in [0.5, 0.6) is 0 Å². The summed E-state index contributed by atoms with van der Waals surface area (Å²) in [6, 6.07) is 4.26. The molecule has 0 spiro atoms. The smallest absolute Gasteiger partial charge is 0.191 e. The molecule has 0 atom stereocenters. The van der Waals surface area contributed by atoms with Crippen LogP contribution in [0.25, 0.3) is 0 Å². The van der Waals surface area contributed by atoms with Gasteiger partial charge in [0.2, 0.25) is 0 Å². The fourth-order valence-electron chi connectivity index (χ4n) is 1.55. The van der Waals surface area contributed by atoms with E-state index in [0.717, 1.165) is 38.4 Å². The van der Waals surface area contributed by atoms with Crippen LogP contribution in [0.15, 0.2) is 22.5 Å². The molecule has 0 amide bonds. The summed E-state index contributed by atoms with van der Waals surface area (Å²) in [5.74, 6) is 0.891. The van der Waals surface area contributed by atoms with Crippen LogP contribution in [0, 0.1) is 0 Å². The van der Waals surface area contributed by atoms with Crippen molar-refractivity contribution in [3.8, 4) is 0 Å². The minimum atomic E-state index is 0.694. The molecule has 0 aliphatic carbocycles. The lowest BCUT2D eigenvalue weighted by Crippen LogP contribution is -2.40. The largest absolute Gasteiger partial charge is 0.383 e. The number of hydrogen-bond acceptors (Lipinski definition) is 3. The fraction of sp³-hybridized carbons (Fsp3) is 0.643. The van der Waals surface area contributed by atoms with E-state index in [1.54, 1.807) is 18.4 Å². The molecule has 5 heteroatoms. The van der Waals surface area contributed by atoms with E-state index < -0.39 is 0 Å². The third kappa shape index (κ3) is 7.85. The molecule has 0 radical (unpaired) electrons. The van der Waals surface area contributed by atoms with Crippen LogP contribution in [-0.4, -0.2) is 39.3 Å². The fourth-order valence-corrected chi connectivity index (χ4v) is 2.26. The molecule has 0 fully saturated rings. The van der Waals surface area contributed by atoms with Crippen LogP contribution in [0.1, 0.15) is 24.6 Å². The van der Waals surface area contributed by atoms with Crippen LogP contribution < -0.4 is 10.6 Å². The van der Waals surface area contributed by atoms with Gasteiger partial charge in [-0.15, -0.1) is 11.3 Å². The molecule has 1 aromatic heterocycles. The standard InChI is InChI=1S/C14H25N3OS/c1-3-4-8-15-14(17-10-11-18-2)16-9-7-13-6-5-12-19-13/h5-6,12H,3-4,7-11H2,1-2H3,(H2,15,16,17). The Morgan fingerprint density at radius 1 is 1.37 bits per heavy atom. The monoisotopic (exact) mass is 283 g/mol. The van der Waals surface area contributed by atoms with Gasteiger partial charge < -0.3 is 15.4 Å². The van der Waals surface area contributed by atoms with Gasteiger partial charge >= 0.3 is 0 Å². The normalized spacial score (nSPS) is 11.6. The average Bonchev–Trinajstić information content (AvgIpc) is 2.92. The molecule has 19 heavy (non-hydrogen) atoms. The maximum Gasteiger partial charge on any atom is 0.191 e. The van der Waals surface area contributed by atoms with Gasteiger partial charge in [0.25, 0.3) is 0 Å². The van der Waals surface area contributed by atoms with Gasteiger partial charge in [-0.25, -0.2) is 0 Å². The minimum absolute atomic E-state index is 0.694. The number of guanidine groups is 1. The van der Waals surface area contributed by atoms with Gasteiger partial charge in [0, 0.05) is 31.6 Å². The number of thiophene rings is 1. The van der Waals surface area contributed by atoms with Gasteiger partial charge in [0.15, 0.2) is 5.96 Å². The number of nitrogens with zero attached hydrogens (tertiary/aromatic N) is 1. The molecular weight excluding hydrogens is 258 g/mol. The summed E-state index contributed by atoms with van der Waals surface area (Å²) in [4.78, 5) is 5.95. The molecule has 4 nitrogen and oxygen atoms in total. The number of unbranched alkanes of at least 4 members (excludes halogenated alkanes) is 1. The number of nitrogens with one attached hydrogen (secondary N) is 2. The first kappa shape index (κ1) is 16.0. The molecule has 0 unspecified atom stereocenters. The molecule has 0 aromatic carbocycles. The molecule has 108 valence electrons. The number of aliphatic imine (C=N–C) groups is 1. The summed E-state index contributed by atoms with van der Waals surface area (Å²) in [5, 5.41) is 8.76. The predicted molar refractivity (Wildman–Crippen MR) is 83.1 cm³/mol. The minimum Gasteiger partial charge on any atom is -0.383 e. The Hall–Kier alpha value is -1.07. The molecule has 0 saturated carbocycles. The number of methoxy groups -OCH3 is 1. The van der Waals surface area contributed by atoms with Crippen molar-refractivity contribution < 1.29 is 4.74 Å². The summed E-state index contributed by atoms with van der Waals surface area (Å²) in [6.45, 7) is 5.44. The van der Waals surface area contributed by atoms with E-state index >= 15 is 0 Å². The summed E-state index contributed by atoms with van der Waals surface area (Å²) in [5.41, 5.74) is 0. The summed E-state index contributed by atoms with van der Waals surface area (Å²) < 4.78 is 5.04.